The molecule has 0 radical (unpaired) electrons. The van der Waals surface area contributed by atoms with Crippen LogP contribution < -0.4 is 4.74 Å². The summed E-state index contributed by atoms with van der Waals surface area (Å²) >= 11 is 0. The lowest BCUT2D eigenvalue weighted by Crippen LogP contribution is -2.14. The first-order valence-corrected chi connectivity index (χ1v) is 4.63. The quantitative estimate of drug-likeness (QED) is 0.477. The van der Waals surface area contributed by atoms with Gasteiger partial charge in [-0.05, 0) is 13.0 Å². The summed E-state index contributed by atoms with van der Waals surface area (Å²) in [6, 6.07) is 1.34. The van der Waals surface area contributed by atoms with Crippen LogP contribution in [0.2, 0.25) is 0 Å². The molecule has 0 fully saturated rings. The van der Waals surface area contributed by atoms with Gasteiger partial charge in [-0.25, -0.2) is 0 Å². The molecule has 1 aromatic rings. The molecule has 0 heterocycles. The van der Waals surface area contributed by atoms with Crippen LogP contribution in [0.1, 0.15) is 22.8 Å². The monoisotopic (exact) mass is 263 g/mol. The molecule has 0 spiro atoms. The molecule has 0 aliphatic rings. The van der Waals surface area contributed by atoms with E-state index in [2.05, 4.69) is 4.74 Å². The van der Waals surface area contributed by atoms with Gasteiger partial charge in [0.25, 0.3) is 5.69 Å². The van der Waals surface area contributed by atoms with Gasteiger partial charge in [-0.15, -0.1) is 0 Å². The van der Waals surface area contributed by atoms with Crippen molar-refractivity contribution in [3.8, 4) is 5.75 Å². The maximum absolute atomic E-state index is 12.7. The number of nitrogens with zero attached hydrogens (tertiary/aromatic N) is 1. The van der Waals surface area contributed by atoms with E-state index in [0.29, 0.717) is 6.07 Å². The highest BCUT2D eigenvalue weighted by atomic mass is 19.4. The number of carbonyl (C=O) groups is 1. The Hall–Kier alpha value is -2.12. The number of carbonyl (C=O) groups excluding carboxylic acids is 1. The summed E-state index contributed by atoms with van der Waals surface area (Å²) in [5.74, 6) is -1.37. The zero-order valence-electron chi connectivity index (χ0n) is 9.37. The maximum Gasteiger partial charge on any atom is 0.417 e. The van der Waals surface area contributed by atoms with E-state index in [4.69, 9.17) is 0 Å². The number of Topliss-reactive ketones (excluding diaryl/α,β-unsaturated/α-hetero) is 1. The van der Waals surface area contributed by atoms with Crippen LogP contribution in [0.25, 0.3) is 0 Å². The van der Waals surface area contributed by atoms with Crippen molar-refractivity contribution in [2.45, 2.75) is 13.1 Å². The van der Waals surface area contributed by atoms with Gasteiger partial charge in [0.05, 0.1) is 23.7 Å². The smallest absolute Gasteiger partial charge is 0.417 e. The number of halogens is 3. The molecule has 1 aromatic carbocycles. The Morgan fingerprint density at radius 2 is 1.94 bits per heavy atom. The number of hydrogen-bond donors (Lipinski definition) is 0. The third-order valence-electron chi connectivity index (χ3n) is 2.18. The summed E-state index contributed by atoms with van der Waals surface area (Å²) < 4.78 is 42.8. The molecule has 0 atom stereocenters. The molecule has 0 aliphatic heterocycles. The summed E-state index contributed by atoms with van der Waals surface area (Å²) in [5, 5.41) is 10.7. The first kappa shape index (κ1) is 13.9. The normalized spacial score (nSPS) is 11.2. The molecule has 18 heavy (non-hydrogen) atoms. The molecular weight excluding hydrogens is 255 g/mol. The molecule has 0 saturated carbocycles. The minimum atomic E-state index is -4.87. The third kappa shape index (κ3) is 2.58. The van der Waals surface area contributed by atoms with Crippen LogP contribution in [-0.4, -0.2) is 17.8 Å². The predicted octanol–water partition coefficient (Wildman–Crippen LogP) is 2.82. The highest BCUT2D eigenvalue weighted by Gasteiger charge is 2.39. The lowest BCUT2D eigenvalue weighted by atomic mass is 10.0. The fourth-order valence-electron chi connectivity index (χ4n) is 1.46. The van der Waals surface area contributed by atoms with E-state index in [-0.39, 0.29) is 5.75 Å². The van der Waals surface area contributed by atoms with Gasteiger partial charge >= 0.3 is 6.18 Å². The zero-order valence-corrected chi connectivity index (χ0v) is 9.37. The number of alkyl halides is 3. The van der Waals surface area contributed by atoms with E-state index < -0.39 is 33.7 Å². The van der Waals surface area contributed by atoms with Crippen LogP contribution in [0.3, 0.4) is 0 Å². The summed E-state index contributed by atoms with van der Waals surface area (Å²) in [5.41, 5.74) is -3.26. The van der Waals surface area contributed by atoms with Crippen LogP contribution in [0.15, 0.2) is 12.1 Å². The number of benzene rings is 1. The van der Waals surface area contributed by atoms with Crippen molar-refractivity contribution < 1.29 is 27.6 Å². The van der Waals surface area contributed by atoms with Gasteiger partial charge in [-0.1, -0.05) is 0 Å². The number of rotatable bonds is 3. The van der Waals surface area contributed by atoms with E-state index in [9.17, 15) is 28.1 Å². The van der Waals surface area contributed by atoms with Crippen LogP contribution in [-0.2, 0) is 6.18 Å². The average Bonchev–Trinajstić information content (AvgIpc) is 2.25. The topological polar surface area (TPSA) is 69.4 Å². The molecule has 0 bridgehead atoms. The van der Waals surface area contributed by atoms with E-state index in [1.807, 2.05) is 0 Å². The van der Waals surface area contributed by atoms with Crippen LogP contribution >= 0.6 is 0 Å². The molecule has 0 aromatic heterocycles. The van der Waals surface area contributed by atoms with Gasteiger partial charge < -0.3 is 4.74 Å². The molecule has 0 saturated heterocycles. The van der Waals surface area contributed by atoms with Crippen molar-refractivity contribution >= 4 is 11.5 Å². The Labute approximate surface area is 99.3 Å². The van der Waals surface area contributed by atoms with E-state index in [1.54, 1.807) is 0 Å². The fourth-order valence-corrected chi connectivity index (χ4v) is 1.46. The Morgan fingerprint density at radius 3 is 2.28 bits per heavy atom. The Balaban J connectivity index is 3.71. The Bertz CT molecular complexity index is 511. The number of ketones is 1. The van der Waals surface area contributed by atoms with Gasteiger partial charge in [0.2, 0.25) is 0 Å². The van der Waals surface area contributed by atoms with Gasteiger partial charge in [-0.2, -0.15) is 13.2 Å². The minimum Gasteiger partial charge on any atom is -0.496 e. The number of ether oxygens (including phenoxy) is 1. The highest BCUT2D eigenvalue weighted by Crippen LogP contribution is 2.39. The van der Waals surface area contributed by atoms with Crippen molar-refractivity contribution in [2.75, 3.05) is 7.11 Å². The van der Waals surface area contributed by atoms with E-state index >= 15 is 0 Å². The standard InChI is InChI=1S/C10H8F3NO4/c1-5(15)9-7(10(11,12)13)3-6(18-2)4-8(9)14(16)17/h3-4H,1-2H3. The van der Waals surface area contributed by atoms with Crippen molar-refractivity contribution in [1.29, 1.82) is 0 Å². The maximum atomic E-state index is 12.7. The molecular formula is C10H8F3NO4. The second kappa shape index (κ2) is 4.63. The van der Waals surface area contributed by atoms with Crippen LogP contribution in [0, 0.1) is 10.1 Å². The lowest BCUT2D eigenvalue weighted by molar-refractivity contribution is -0.385. The summed E-state index contributed by atoms with van der Waals surface area (Å²) in [4.78, 5) is 20.8. The van der Waals surface area contributed by atoms with Crippen LogP contribution in [0.4, 0.5) is 18.9 Å². The van der Waals surface area contributed by atoms with Gasteiger partial charge in [0.1, 0.15) is 11.3 Å². The highest BCUT2D eigenvalue weighted by molar-refractivity contribution is 6.00. The minimum absolute atomic E-state index is 0.334. The van der Waals surface area contributed by atoms with Gasteiger partial charge in [0, 0.05) is 0 Å². The molecule has 1 rings (SSSR count). The molecule has 0 unspecified atom stereocenters. The van der Waals surface area contributed by atoms with Crippen molar-refractivity contribution in [2.24, 2.45) is 0 Å². The molecule has 0 N–H and O–H groups in total. The van der Waals surface area contributed by atoms with E-state index in [1.165, 1.54) is 0 Å². The van der Waals surface area contributed by atoms with Crippen LogP contribution in [0.5, 0.6) is 5.75 Å². The zero-order chi connectivity index (χ0) is 14.1. The predicted molar refractivity (Wildman–Crippen MR) is 54.7 cm³/mol. The Kier molecular flexibility index (Phi) is 3.59. The summed E-state index contributed by atoms with van der Waals surface area (Å²) in [6.45, 7) is 0.837. The van der Waals surface area contributed by atoms with Gasteiger partial charge in [-0.3, -0.25) is 14.9 Å². The SMILES string of the molecule is COc1cc([N+](=O)[O-])c(C(C)=O)c(C(F)(F)F)c1. The second-order valence-corrected chi connectivity index (χ2v) is 3.38. The molecule has 5 nitrogen and oxygen atoms in total. The van der Waals surface area contributed by atoms with E-state index in [0.717, 1.165) is 20.1 Å². The average molecular weight is 263 g/mol. The number of hydrogen-bond acceptors (Lipinski definition) is 4. The molecule has 98 valence electrons. The third-order valence-corrected chi connectivity index (χ3v) is 2.18. The lowest BCUT2D eigenvalue weighted by Gasteiger charge is -2.12. The molecule has 0 amide bonds. The summed E-state index contributed by atoms with van der Waals surface area (Å²) in [7, 11) is 1.08. The largest absolute Gasteiger partial charge is 0.496 e. The number of nitro benzene ring substituents is 1. The number of nitro groups is 1. The number of methoxy groups -OCH3 is 1. The molecule has 0 aliphatic carbocycles. The van der Waals surface area contributed by atoms with Gasteiger partial charge in [0.15, 0.2) is 5.78 Å². The van der Waals surface area contributed by atoms with Crippen molar-refractivity contribution in [1.82, 2.24) is 0 Å². The van der Waals surface area contributed by atoms with Crippen molar-refractivity contribution in [3.63, 3.8) is 0 Å². The fraction of sp³-hybridized carbons (Fsp3) is 0.300. The molecule has 8 heteroatoms. The second-order valence-electron chi connectivity index (χ2n) is 3.38. The Morgan fingerprint density at radius 1 is 1.39 bits per heavy atom. The van der Waals surface area contributed by atoms with Crippen molar-refractivity contribution in [3.05, 3.63) is 33.4 Å². The summed E-state index contributed by atoms with van der Waals surface area (Å²) in [6.07, 6.45) is -4.87. The first-order chi connectivity index (χ1) is 8.18. The first-order valence-electron chi connectivity index (χ1n) is 4.63.